The molecular formula is C12H16FNO3. The largest absolute Gasteiger partial charge is 0.393 e. The molecule has 0 amide bonds. The molecule has 1 N–H and O–H groups in total. The van der Waals surface area contributed by atoms with Crippen molar-refractivity contribution < 1.29 is 19.4 Å². The predicted octanol–water partition coefficient (Wildman–Crippen LogP) is 1.97. The van der Waals surface area contributed by atoms with Gasteiger partial charge >= 0.3 is 5.97 Å². The fourth-order valence-corrected chi connectivity index (χ4v) is 1.54. The van der Waals surface area contributed by atoms with E-state index < -0.39 is 12.1 Å². The molecule has 0 aliphatic carbocycles. The Morgan fingerprint density at radius 2 is 2.35 bits per heavy atom. The van der Waals surface area contributed by atoms with E-state index >= 15 is 0 Å². The van der Waals surface area contributed by atoms with Gasteiger partial charge in [0.15, 0.2) is 0 Å². The standard InChI is InChI=1S/C12H16FNO3/c13-17-12(16)5-1-4-11(15)7-6-10-3-2-8-14-9-10/h2-3,8-9,11,15H,1,4-7H2. The van der Waals surface area contributed by atoms with Crippen LogP contribution < -0.4 is 0 Å². The highest BCUT2D eigenvalue weighted by molar-refractivity contribution is 5.68. The molecule has 0 fully saturated rings. The second-order valence-corrected chi connectivity index (χ2v) is 3.90. The highest BCUT2D eigenvalue weighted by atomic mass is 19.3. The third-order valence-corrected chi connectivity index (χ3v) is 2.49. The zero-order valence-electron chi connectivity index (χ0n) is 9.51. The van der Waals surface area contributed by atoms with Gasteiger partial charge in [-0.3, -0.25) is 9.93 Å². The van der Waals surface area contributed by atoms with Gasteiger partial charge in [0.25, 0.3) is 0 Å². The summed E-state index contributed by atoms with van der Waals surface area (Å²) >= 11 is 0. The van der Waals surface area contributed by atoms with Crippen LogP contribution in [0.4, 0.5) is 4.53 Å². The van der Waals surface area contributed by atoms with Crippen molar-refractivity contribution in [3.05, 3.63) is 30.1 Å². The van der Waals surface area contributed by atoms with E-state index in [1.165, 1.54) is 0 Å². The van der Waals surface area contributed by atoms with E-state index in [0.29, 0.717) is 19.3 Å². The molecule has 0 bridgehead atoms. The Balaban J connectivity index is 2.13. The van der Waals surface area contributed by atoms with Crippen LogP contribution in [0, 0.1) is 0 Å². The van der Waals surface area contributed by atoms with Gasteiger partial charge in [-0.1, -0.05) is 6.07 Å². The molecule has 94 valence electrons. The average molecular weight is 241 g/mol. The Morgan fingerprint density at radius 3 is 3.00 bits per heavy atom. The van der Waals surface area contributed by atoms with E-state index in [1.807, 2.05) is 12.1 Å². The third-order valence-electron chi connectivity index (χ3n) is 2.49. The van der Waals surface area contributed by atoms with Gasteiger partial charge in [0, 0.05) is 23.3 Å². The summed E-state index contributed by atoms with van der Waals surface area (Å²) in [6.07, 6.45) is 5.21. The minimum Gasteiger partial charge on any atom is -0.393 e. The lowest BCUT2D eigenvalue weighted by Gasteiger charge is -2.09. The molecule has 1 rings (SSSR count). The zero-order valence-corrected chi connectivity index (χ0v) is 9.51. The number of carbonyl (C=O) groups excluding carboxylic acids is 1. The van der Waals surface area contributed by atoms with Gasteiger partial charge < -0.3 is 5.11 Å². The zero-order chi connectivity index (χ0) is 12.5. The lowest BCUT2D eigenvalue weighted by molar-refractivity contribution is -0.183. The number of hydrogen-bond donors (Lipinski definition) is 1. The van der Waals surface area contributed by atoms with Crippen LogP contribution in [-0.2, 0) is 16.2 Å². The van der Waals surface area contributed by atoms with Gasteiger partial charge in [-0.05, 0) is 37.3 Å². The Bertz CT molecular complexity index is 332. The van der Waals surface area contributed by atoms with Crippen molar-refractivity contribution in [1.82, 2.24) is 4.98 Å². The number of rotatable bonds is 7. The number of aryl methyl sites for hydroxylation is 1. The van der Waals surface area contributed by atoms with Crippen molar-refractivity contribution in [1.29, 1.82) is 0 Å². The second kappa shape index (κ2) is 7.73. The maximum absolute atomic E-state index is 11.4. The fourth-order valence-electron chi connectivity index (χ4n) is 1.54. The minimum atomic E-state index is -0.885. The molecule has 4 nitrogen and oxygen atoms in total. The molecule has 0 saturated carbocycles. The lowest BCUT2D eigenvalue weighted by atomic mass is 10.0. The number of carbonyl (C=O) groups is 1. The van der Waals surface area contributed by atoms with Crippen LogP contribution in [0.1, 0.15) is 31.2 Å². The van der Waals surface area contributed by atoms with E-state index in [9.17, 15) is 14.4 Å². The average Bonchev–Trinajstić information content (AvgIpc) is 2.37. The number of nitrogens with zero attached hydrogens (tertiary/aromatic N) is 1. The lowest BCUT2D eigenvalue weighted by Crippen LogP contribution is -2.09. The molecule has 1 aromatic rings. The Hall–Kier alpha value is -1.49. The molecule has 5 heteroatoms. The van der Waals surface area contributed by atoms with E-state index in [0.717, 1.165) is 12.0 Å². The van der Waals surface area contributed by atoms with E-state index in [2.05, 4.69) is 9.93 Å². The predicted molar refractivity (Wildman–Crippen MR) is 59.6 cm³/mol. The molecule has 1 atom stereocenters. The quantitative estimate of drug-likeness (QED) is 0.792. The summed E-state index contributed by atoms with van der Waals surface area (Å²) in [6.45, 7) is 0. The van der Waals surface area contributed by atoms with Crippen molar-refractivity contribution in [3.63, 3.8) is 0 Å². The molecule has 0 saturated heterocycles. The smallest absolute Gasteiger partial charge is 0.348 e. The number of aromatic nitrogens is 1. The summed E-state index contributed by atoms with van der Waals surface area (Å²) in [6, 6.07) is 3.79. The van der Waals surface area contributed by atoms with Gasteiger partial charge in [-0.15, -0.1) is 0 Å². The van der Waals surface area contributed by atoms with E-state index in [4.69, 9.17) is 0 Å². The maximum atomic E-state index is 11.4. The normalized spacial score (nSPS) is 12.1. The molecular weight excluding hydrogens is 225 g/mol. The topological polar surface area (TPSA) is 59.4 Å². The summed E-state index contributed by atoms with van der Waals surface area (Å²) < 4.78 is 11.4. The van der Waals surface area contributed by atoms with Gasteiger partial charge in [0.2, 0.25) is 0 Å². The monoisotopic (exact) mass is 241 g/mol. The van der Waals surface area contributed by atoms with Crippen LogP contribution in [0.25, 0.3) is 0 Å². The first-order chi connectivity index (χ1) is 8.22. The van der Waals surface area contributed by atoms with Crippen LogP contribution in [0.15, 0.2) is 24.5 Å². The Labute approximate surface area is 99.3 Å². The van der Waals surface area contributed by atoms with Crippen molar-refractivity contribution >= 4 is 5.97 Å². The molecule has 0 aliphatic rings. The van der Waals surface area contributed by atoms with Gasteiger partial charge in [0.1, 0.15) is 0 Å². The second-order valence-electron chi connectivity index (χ2n) is 3.90. The van der Waals surface area contributed by atoms with Gasteiger partial charge in [-0.2, -0.15) is 0 Å². The Morgan fingerprint density at radius 1 is 1.53 bits per heavy atom. The summed E-state index contributed by atoms with van der Waals surface area (Å²) in [5.74, 6) is -0.885. The van der Waals surface area contributed by atoms with Crippen molar-refractivity contribution in [2.45, 2.75) is 38.2 Å². The summed E-state index contributed by atoms with van der Waals surface area (Å²) in [4.78, 5) is 17.5. The first kappa shape index (κ1) is 13.6. The van der Waals surface area contributed by atoms with Crippen LogP contribution in [0.3, 0.4) is 0 Å². The summed E-state index contributed by atoms with van der Waals surface area (Å²) in [7, 11) is 0. The van der Waals surface area contributed by atoms with Crippen LogP contribution in [-0.4, -0.2) is 22.2 Å². The van der Waals surface area contributed by atoms with Crippen LogP contribution in [0.5, 0.6) is 0 Å². The maximum Gasteiger partial charge on any atom is 0.348 e. The van der Waals surface area contributed by atoms with Crippen molar-refractivity contribution in [2.75, 3.05) is 0 Å². The summed E-state index contributed by atoms with van der Waals surface area (Å²) in [5.41, 5.74) is 1.06. The fraction of sp³-hybridized carbons (Fsp3) is 0.500. The number of pyridine rings is 1. The van der Waals surface area contributed by atoms with Crippen molar-refractivity contribution in [3.8, 4) is 0 Å². The van der Waals surface area contributed by atoms with E-state index in [1.54, 1.807) is 12.4 Å². The highest BCUT2D eigenvalue weighted by Crippen LogP contribution is 2.09. The molecule has 0 aromatic carbocycles. The van der Waals surface area contributed by atoms with Gasteiger partial charge in [-0.25, -0.2) is 4.79 Å². The highest BCUT2D eigenvalue weighted by Gasteiger charge is 2.08. The van der Waals surface area contributed by atoms with E-state index in [-0.39, 0.29) is 6.42 Å². The SMILES string of the molecule is O=C(CCCC(O)CCc1cccnc1)OF. The van der Waals surface area contributed by atoms with Gasteiger partial charge in [0.05, 0.1) is 6.10 Å². The number of hydrogen-bond acceptors (Lipinski definition) is 4. The third kappa shape index (κ3) is 5.97. The molecule has 0 spiro atoms. The molecule has 1 heterocycles. The van der Waals surface area contributed by atoms with Crippen LogP contribution >= 0.6 is 0 Å². The molecule has 1 unspecified atom stereocenters. The number of aliphatic hydroxyl groups is 1. The first-order valence-corrected chi connectivity index (χ1v) is 5.60. The minimum absolute atomic E-state index is 0.000449. The first-order valence-electron chi connectivity index (χ1n) is 5.60. The molecule has 1 aromatic heterocycles. The van der Waals surface area contributed by atoms with Crippen molar-refractivity contribution in [2.24, 2.45) is 0 Å². The summed E-state index contributed by atoms with van der Waals surface area (Å²) in [5, 5.41) is 9.63. The number of halogens is 1. The van der Waals surface area contributed by atoms with Crippen LogP contribution in [0.2, 0.25) is 0 Å². The molecule has 0 radical (unpaired) electrons. The molecule has 17 heavy (non-hydrogen) atoms. The Kier molecular flexibility index (Phi) is 6.17. The number of aliphatic hydroxyl groups excluding tert-OH is 1. The molecule has 0 aliphatic heterocycles.